The summed E-state index contributed by atoms with van der Waals surface area (Å²) in [7, 11) is 4.29. The molecule has 100 valence electrons. The van der Waals surface area contributed by atoms with E-state index in [1.54, 1.807) is 18.0 Å². The van der Waals surface area contributed by atoms with Crippen LogP contribution in [0.4, 0.5) is 0 Å². The number of benzene rings is 1. The van der Waals surface area contributed by atoms with Crippen LogP contribution in [0.2, 0.25) is 0 Å². The molecular weight excluding hydrogens is 312 g/mol. The van der Waals surface area contributed by atoms with Gasteiger partial charge in [-0.05, 0) is 57.1 Å². The Morgan fingerprint density at radius 3 is 2.61 bits per heavy atom. The highest BCUT2D eigenvalue weighted by molar-refractivity contribution is 9.10. The molecule has 0 atom stereocenters. The Morgan fingerprint density at radius 2 is 2.00 bits per heavy atom. The normalized spacial score (nSPS) is 18.4. The summed E-state index contributed by atoms with van der Waals surface area (Å²) in [6.45, 7) is 2.14. The number of phenolic OH excluding ortho intramolecular Hbond substituents is 1. The van der Waals surface area contributed by atoms with E-state index in [1.165, 1.54) is 12.8 Å². The maximum absolute atomic E-state index is 9.83. The highest BCUT2D eigenvalue weighted by Gasteiger charge is 2.21. The Kier molecular flexibility index (Phi) is 4.95. The van der Waals surface area contributed by atoms with Gasteiger partial charge in [0.1, 0.15) is 5.75 Å². The molecule has 3 nitrogen and oxygen atoms in total. The van der Waals surface area contributed by atoms with Crippen molar-refractivity contribution in [3.05, 3.63) is 22.7 Å². The maximum atomic E-state index is 9.83. The van der Waals surface area contributed by atoms with Crippen molar-refractivity contribution < 1.29 is 5.11 Å². The zero-order valence-corrected chi connectivity index (χ0v) is 13.2. The molecular formula is C13H19BrN2OS. The maximum Gasteiger partial charge on any atom is 0.130 e. The molecule has 1 saturated heterocycles. The Labute approximate surface area is 121 Å². The van der Waals surface area contributed by atoms with Crippen molar-refractivity contribution in [3.8, 4) is 5.75 Å². The molecule has 0 aromatic heterocycles. The van der Waals surface area contributed by atoms with Gasteiger partial charge < -0.3 is 10.0 Å². The summed E-state index contributed by atoms with van der Waals surface area (Å²) < 4.78 is 3.34. The first kappa shape index (κ1) is 14.2. The van der Waals surface area contributed by atoms with Crippen molar-refractivity contribution in [3.63, 3.8) is 0 Å². The highest BCUT2D eigenvalue weighted by Crippen LogP contribution is 2.34. The summed E-state index contributed by atoms with van der Waals surface area (Å²) >= 11 is 5.09. The number of hydrogen-bond acceptors (Lipinski definition) is 4. The van der Waals surface area contributed by atoms with Gasteiger partial charge in [0.15, 0.2) is 0 Å². The molecule has 18 heavy (non-hydrogen) atoms. The second kappa shape index (κ2) is 6.28. The minimum Gasteiger partial charge on any atom is -0.507 e. The van der Waals surface area contributed by atoms with Crippen LogP contribution >= 0.6 is 27.9 Å². The molecule has 0 saturated carbocycles. The minimum atomic E-state index is 0.359. The number of piperidine rings is 1. The molecule has 2 rings (SSSR count). The van der Waals surface area contributed by atoms with Gasteiger partial charge in [-0.3, -0.25) is 0 Å². The quantitative estimate of drug-likeness (QED) is 0.861. The van der Waals surface area contributed by atoms with Crippen LogP contribution in [0.1, 0.15) is 12.8 Å². The molecule has 5 heteroatoms. The van der Waals surface area contributed by atoms with E-state index < -0.39 is 0 Å². The Hall–Kier alpha value is -0.230. The molecule has 0 bridgehead atoms. The summed E-state index contributed by atoms with van der Waals surface area (Å²) in [4.78, 5) is 3.23. The molecule has 1 aromatic rings. The lowest BCUT2D eigenvalue weighted by molar-refractivity contribution is 0.203. The molecule has 1 aliphatic heterocycles. The number of halogens is 1. The van der Waals surface area contributed by atoms with Crippen molar-refractivity contribution in [1.29, 1.82) is 0 Å². The van der Waals surface area contributed by atoms with E-state index in [0.717, 1.165) is 22.5 Å². The van der Waals surface area contributed by atoms with Crippen molar-refractivity contribution in [2.24, 2.45) is 0 Å². The Bertz CT molecular complexity index is 406. The first-order valence-corrected chi connectivity index (χ1v) is 7.71. The van der Waals surface area contributed by atoms with Crippen molar-refractivity contribution in [2.75, 3.05) is 27.2 Å². The predicted octanol–water partition coefficient (Wildman–Crippen LogP) is 3.19. The second-order valence-corrected chi connectivity index (χ2v) is 6.88. The number of phenols is 1. The molecule has 0 radical (unpaired) electrons. The standard InChI is InChI=1S/C13H19BrN2OS/c1-15(2)11-5-7-16(8-6-11)18-13-9-10(14)3-4-12(13)17/h3-4,9,11,17H,5-8H2,1-2H3. The van der Waals surface area contributed by atoms with Crippen LogP contribution in [-0.4, -0.2) is 47.5 Å². The number of nitrogens with zero attached hydrogens (tertiary/aromatic N) is 2. The molecule has 1 fully saturated rings. The van der Waals surface area contributed by atoms with E-state index in [-0.39, 0.29) is 0 Å². The molecule has 0 amide bonds. The summed E-state index contributed by atoms with van der Waals surface area (Å²) in [5.74, 6) is 0.359. The van der Waals surface area contributed by atoms with Crippen LogP contribution in [0.15, 0.2) is 27.6 Å². The van der Waals surface area contributed by atoms with Crippen LogP contribution in [0.3, 0.4) is 0 Å². The monoisotopic (exact) mass is 330 g/mol. The fourth-order valence-corrected chi connectivity index (χ4v) is 3.68. The predicted molar refractivity (Wildman–Crippen MR) is 79.9 cm³/mol. The van der Waals surface area contributed by atoms with Gasteiger partial charge in [0.25, 0.3) is 0 Å². The van der Waals surface area contributed by atoms with Crippen molar-refractivity contribution >= 4 is 27.9 Å². The van der Waals surface area contributed by atoms with E-state index in [1.807, 2.05) is 12.1 Å². The van der Waals surface area contributed by atoms with Crippen LogP contribution < -0.4 is 0 Å². The average molecular weight is 331 g/mol. The van der Waals surface area contributed by atoms with Gasteiger partial charge in [-0.2, -0.15) is 0 Å². The Morgan fingerprint density at radius 1 is 1.33 bits per heavy atom. The lowest BCUT2D eigenvalue weighted by Crippen LogP contribution is -2.39. The third-order valence-corrected chi connectivity index (χ3v) is 4.94. The highest BCUT2D eigenvalue weighted by atomic mass is 79.9. The van der Waals surface area contributed by atoms with Crippen LogP contribution in [-0.2, 0) is 0 Å². The molecule has 0 unspecified atom stereocenters. The first-order valence-electron chi connectivity index (χ1n) is 6.14. The van der Waals surface area contributed by atoms with Crippen LogP contribution in [0.5, 0.6) is 5.75 Å². The molecule has 0 aliphatic carbocycles. The molecule has 1 heterocycles. The van der Waals surface area contributed by atoms with Gasteiger partial charge in [-0.15, -0.1) is 0 Å². The van der Waals surface area contributed by atoms with E-state index in [0.29, 0.717) is 11.8 Å². The van der Waals surface area contributed by atoms with Crippen molar-refractivity contribution in [2.45, 2.75) is 23.8 Å². The number of hydrogen-bond donors (Lipinski definition) is 1. The summed E-state index contributed by atoms with van der Waals surface area (Å²) in [6, 6.07) is 6.26. The van der Waals surface area contributed by atoms with Crippen LogP contribution in [0.25, 0.3) is 0 Å². The Balaban J connectivity index is 1.93. The second-order valence-electron chi connectivity index (χ2n) is 4.83. The zero-order valence-electron chi connectivity index (χ0n) is 10.8. The van der Waals surface area contributed by atoms with E-state index >= 15 is 0 Å². The minimum absolute atomic E-state index is 0.359. The van der Waals surface area contributed by atoms with Gasteiger partial charge in [-0.25, -0.2) is 4.31 Å². The number of rotatable bonds is 3. The van der Waals surface area contributed by atoms with Crippen LogP contribution in [0, 0.1) is 0 Å². The van der Waals surface area contributed by atoms with Gasteiger partial charge in [0.05, 0.1) is 4.90 Å². The van der Waals surface area contributed by atoms with E-state index in [4.69, 9.17) is 0 Å². The molecule has 1 aromatic carbocycles. The molecule has 0 spiro atoms. The first-order chi connectivity index (χ1) is 8.56. The average Bonchev–Trinajstić information content (AvgIpc) is 2.34. The lowest BCUT2D eigenvalue weighted by atomic mass is 10.1. The molecule has 1 aliphatic rings. The smallest absolute Gasteiger partial charge is 0.130 e. The topological polar surface area (TPSA) is 26.7 Å². The fraction of sp³-hybridized carbons (Fsp3) is 0.538. The van der Waals surface area contributed by atoms with Gasteiger partial charge in [0.2, 0.25) is 0 Å². The van der Waals surface area contributed by atoms with Gasteiger partial charge >= 0.3 is 0 Å². The number of aromatic hydroxyl groups is 1. The largest absolute Gasteiger partial charge is 0.507 e. The van der Waals surface area contributed by atoms with E-state index in [9.17, 15) is 5.11 Å². The van der Waals surface area contributed by atoms with Gasteiger partial charge in [-0.1, -0.05) is 15.9 Å². The van der Waals surface area contributed by atoms with E-state index in [2.05, 4.69) is 39.2 Å². The lowest BCUT2D eigenvalue weighted by Gasteiger charge is -2.34. The summed E-state index contributed by atoms with van der Waals surface area (Å²) in [5, 5.41) is 9.83. The third-order valence-electron chi connectivity index (χ3n) is 3.30. The fourth-order valence-electron chi connectivity index (χ4n) is 2.15. The summed E-state index contributed by atoms with van der Waals surface area (Å²) in [5.41, 5.74) is 0. The summed E-state index contributed by atoms with van der Waals surface area (Å²) in [6.07, 6.45) is 2.38. The zero-order chi connectivity index (χ0) is 13.1. The third kappa shape index (κ3) is 3.63. The SMILES string of the molecule is CN(C)C1CCN(Sc2cc(Br)ccc2O)CC1. The molecule has 1 N–H and O–H groups in total. The van der Waals surface area contributed by atoms with Gasteiger partial charge in [0, 0.05) is 23.6 Å². The van der Waals surface area contributed by atoms with Crippen molar-refractivity contribution in [1.82, 2.24) is 9.21 Å².